The highest BCUT2D eigenvalue weighted by molar-refractivity contribution is 5.67. The largest absolute Gasteiger partial charge is 0.497 e. The summed E-state index contributed by atoms with van der Waals surface area (Å²) in [6.45, 7) is 4.05. The summed E-state index contributed by atoms with van der Waals surface area (Å²) in [6.07, 6.45) is 3.50. The first-order chi connectivity index (χ1) is 25.9. The molecule has 53 heavy (non-hydrogen) atoms. The van der Waals surface area contributed by atoms with Crippen molar-refractivity contribution in [1.29, 1.82) is 0 Å². The molecule has 0 bridgehead atoms. The van der Waals surface area contributed by atoms with Gasteiger partial charge in [-0.3, -0.25) is 0 Å². The summed E-state index contributed by atoms with van der Waals surface area (Å²) < 4.78 is 45.9. The maximum Gasteiger partial charge on any atom is 0.409 e. The quantitative estimate of drug-likeness (QED) is 0.0530. The Morgan fingerprint density at radius 2 is 1.49 bits per heavy atom. The molecule has 0 atom stereocenters. The fourth-order valence-corrected chi connectivity index (χ4v) is 5.82. The van der Waals surface area contributed by atoms with Gasteiger partial charge in [0.15, 0.2) is 11.5 Å². The Bertz CT molecular complexity index is 1550. The summed E-state index contributed by atoms with van der Waals surface area (Å²) in [7, 11) is 4.93. The Morgan fingerprint density at radius 3 is 2.26 bits per heavy atom. The first-order valence-electron chi connectivity index (χ1n) is 18.0. The van der Waals surface area contributed by atoms with E-state index < -0.39 is 5.09 Å². The Kier molecular flexibility index (Phi) is 17.6. The number of hydrogen-bond acceptors (Lipinski definition) is 12. The second kappa shape index (κ2) is 22.9. The minimum atomic E-state index is -0.826. The van der Waals surface area contributed by atoms with Crippen molar-refractivity contribution in [2.24, 2.45) is 0 Å². The van der Waals surface area contributed by atoms with Gasteiger partial charge in [-0.2, -0.15) is 0 Å². The van der Waals surface area contributed by atoms with E-state index in [9.17, 15) is 14.9 Å². The van der Waals surface area contributed by atoms with E-state index in [-0.39, 0.29) is 31.8 Å². The zero-order valence-electron chi connectivity index (χ0n) is 31.0. The normalized spacial score (nSPS) is 12.9. The van der Waals surface area contributed by atoms with Crippen LogP contribution in [-0.2, 0) is 32.3 Å². The van der Waals surface area contributed by atoms with Crippen molar-refractivity contribution in [3.05, 3.63) is 87.5 Å². The summed E-state index contributed by atoms with van der Waals surface area (Å²) in [4.78, 5) is 28.9. The molecule has 3 aromatic rings. The van der Waals surface area contributed by atoms with Crippen LogP contribution >= 0.6 is 0 Å². The highest BCUT2D eigenvalue weighted by atomic mass is 16.9. The number of ether oxygens (including phenoxy) is 8. The maximum atomic E-state index is 12.6. The van der Waals surface area contributed by atoms with E-state index in [1.807, 2.05) is 54.6 Å². The summed E-state index contributed by atoms with van der Waals surface area (Å²) in [5, 5.41) is 9.44. The van der Waals surface area contributed by atoms with Crippen molar-refractivity contribution < 1.29 is 52.6 Å². The lowest BCUT2D eigenvalue weighted by Crippen LogP contribution is -2.38. The van der Waals surface area contributed by atoms with Crippen LogP contribution in [-0.4, -0.2) is 90.1 Å². The van der Waals surface area contributed by atoms with Crippen LogP contribution in [0.3, 0.4) is 0 Å². The summed E-state index contributed by atoms with van der Waals surface area (Å²) in [6, 6.07) is 19.5. The van der Waals surface area contributed by atoms with Gasteiger partial charge in [-0.05, 0) is 73.1 Å². The first kappa shape index (κ1) is 40.8. The van der Waals surface area contributed by atoms with Gasteiger partial charge in [-0.15, -0.1) is 10.1 Å². The first-order valence-corrected chi connectivity index (χ1v) is 18.0. The van der Waals surface area contributed by atoms with E-state index in [1.54, 1.807) is 26.2 Å². The van der Waals surface area contributed by atoms with Gasteiger partial charge in [0.05, 0.1) is 53.9 Å². The Morgan fingerprint density at radius 1 is 0.736 bits per heavy atom. The molecular weight excluding hydrogens is 688 g/mol. The number of unbranched alkanes of at least 4 members (excludes halogenated alkanes) is 1. The maximum absolute atomic E-state index is 12.6. The Labute approximate surface area is 311 Å². The van der Waals surface area contributed by atoms with Crippen LogP contribution in [0.15, 0.2) is 60.7 Å². The molecule has 3 aromatic carbocycles. The molecule has 0 unspecified atom stereocenters. The molecule has 1 aliphatic rings. The molecule has 0 aliphatic carbocycles. The van der Waals surface area contributed by atoms with Gasteiger partial charge in [0, 0.05) is 51.3 Å². The number of likely N-dealkylation sites (tertiary alicyclic amines) is 1. The highest BCUT2D eigenvalue weighted by Crippen LogP contribution is 2.36. The van der Waals surface area contributed by atoms with Crippen molar-refractivity contribution in [3.63, 3.8) is 0 Å². The van der Waals surface area contributed by atoms with Crippen molar-refractivity contribution in [2.45, 2.75) is 57.7 Å². The predicted octanol–water partition coefficient (Wildman–Crippen LogP) is 6.99. The Hall–Kier alpha value is -4.95. The summed E-state index contributed by atoms with van der Waals surface area (Å²) >= 11 is 0. The molecule has 4 rings (SSSR count). The van der Waals surface area contributed by atoms with Crippen molar-refractivity contribution in [1.82, 2.24) is 4.90 Å². The fourth-order valence-electron chi connectivity index (χ4n) is 5.82. The third kappa shape index (κ3) is 14.2. The van der Waals surface area contributed by atoms with E-state index in [4.69, 9.17) is 37.9 Å². The minimum absolute atomic E-state index is 0.0189. The number of rotatable bonds is 24. The van der Waals surface area contributed by atoms with Crippen LogP contribution in [0.2, 0.25) is 0 Å². The van der Waals surface area contributed by atoms with Gasteiger partial charge in [-0.1, -0.05) is 24.3 Å². The van der Waals surface area contributed by atoms with Crippen molar-refractivity contribution in [2.75, 3.05) is 74.1 Å². The SMILES string of the molecule is COCCCOc1cc(COc2cc(C3CCN(C(=O)OCCCCO[N+](=O)[O-])CC3)ccc2OCCCOCc2ccccc2OC)cc(OC)c1. The van der Waals surface area contributed by atoms with Crippen molar-refractivity contribution in [3.8, 4) is 28.7 Å². The fraction of sp³-hybridized carbons (Fsp3) is 0.513. The lowest BCUT2D eigenvalue weighted by atomic mass is 9.89. The van der Waals surface area contributed by atoms with E-state index in [1.165, 1.54) is 0 Å². The zero-order chi connectivity index (χ0) is 37.7. The Balaban J connectivity index is 1.36. The smallest absolute Gasteiger partial charge is 0.409 e. The van der Waals surface area contributed by atoms with E-state index in [0.29, 0.717) is 88.4 Å². The van der Waals surface area contributed by atoms with Crippen LogP contribution in [0.5, 0.6) is 28.7 Å². The molecule has 14 heteroatoms. The number of amides is 1. The van der Waals surface area contributed by atoms with Crippen LogP contribution in [0, 0.1) is 10.1 Å². The monoisotopic (exact) mass is 740 g/mol. The number of methoxy groups -OCH3 is 3. The summed E-state index contributed by atoms with van der Waals surface area (Å²) in [5.41, 5.74) is 2.97. The predicted molar refractivity (Wildman–Crippen MR) is 196 cm³/mol. The van der Waals surface area contributed by atoms with Crippen LogP contribution in [0.4, 0.5) is 4.79 Å². The molecule has 0 spiro atoms. The molecule has 1 aliphatic heterocycles. The van der Waals surface area contributed by atoms with E-state index in [0.717, 1.165) is 41.7 Å². The number of nitrogens with zero attached hydrogens (tertiary/aromatic N) is 2. The third-order valence-electron chi connectivity index (χ3n) is 8.63. The van der Waals surface area contributed by atoms with Gasteiger partial charge in [0.25, 0.3) is 5.09 Å². The van der Waals surface area contributed by atoms with Crippen LogP contribution < -0.4 is 23.7 Å². The number of piperidine rings is 1. The second-order valence-electron chi connectivity index (χ2n) is 12.4. The lowest BCUT2D eigenvalue weighted by Gasteiger charge is -2.31. The summed E-state index contributed by atoms with van der Waals surface area (Å²) in [5.74, 6) is 3.61. The van der Waals surface area contributed by atoms with Crippen LogP contribution in [0.1, 0.15) is 61.1 Å². The molecule has 0 N–H and O–H groups in total. The van der Waals surface area contributed by atoms with E-state index in [2.05, 4.69) is 10.9 Å². The number of hydrogen-bond donors (Lipinski definition) is 0. The number of carbonyl (C=O) groups excluding carboxylic acids is 1. The average Bonchev–Trinajstić information content (AvgIpc) is 3.18. The third-order valence-corrected chi connectivity index (χ3v) is 8.63. The minimum Gasteiger partial charge on any atom is -0.497 e. The molecular formula is C39H52N2O12. The average molecular weight is 741 g/mol. The lowest BCUT2D eigenvalue weighted by molar-refractivity contribution is -0.757. The van der Waals surface area contributed by atoms with E-state index >= 15 is 0 Å². The molecule has 1 fully saturated rings. The van der Waals surface area contributed by atoms with Gasteiger partial charge < -0.3 is 47.6 Å². The molecule has 14 nitrogen and oxygen atoms in total. The number of carbonyl (C=O) groups is 1. The number of benzene rings is 3. The molecule has 0 aromatic heterocycles. The topological polar surface area (TPSA) is 147 Å². The van der Waals surface area contributed by atoms with Gasteiger partial charge in [-0.25, -0.2) is 4.79 Å². The molecule has 1 amide bonds. The number of para-hydroxylation sites is 1. The standard InChI is InChI=1S/C39H52N2O12/c1-45-18-8-21-49-35-25-30(24-34(27-35)46-2)28-52-38-26-32(31-14-16-40(17-15-31)39(42)51-20-6-7-23-53-41(43)44)12-13-37(38)50-22-9-19-48-29-33-10-4-5-11-36(33)47-3/h4-5,10-13,24-27,31H,6-9,14-23,28-29H2,1-3H3. The molecule has 0 radical (unpaired) electrons. The second-order valence-corrected chi connectivity index (χ2v) is 12.4. The molecule has 1 heterocycles. The van der Waals surface area contributed by atoms with Crippen LogP contribution in [0.25, 0.3) is 0 Å². The van der Waals surface area contributed by atoms with Gasteiger partial charge >= 0.3 is 6.09 Å². The van der Waals surface area contributed by atoms with Gasteiger partial charge in [0.2, 0.25) is 0 Å². The molecule has 1 saturated heterocycles. The van der Waals surface area contributed by atoms with Crippen molar-refractivity contribution >= 4 is 6.09 Å². The highest BCUT2D eigenvalue weighted by Gasteiger charge is 2.25. The molecule has 290 valence electrons. The molecule has 0 saturated carbocycles. The van der Waals surface area contributed by atoms with Gasteiger partial charge in [0.1, 0.15) is 23.9 Å². The zero-order valence-corrected chi connectivity index (χ0v) is 31.0.